The number of aromatic nitrogens is 1. The zero-order chi connectivity index (χ0) is 18.6. The number of ether oxygens (including phenoxy) is 3. The van der Waals surface area contributed by atoms with E-state index in [1.165, 1.54) is 0 Å². The summed E-state index contributed by atoms with van der Waals surface area (Å²) in [5.74, 6) is 1.00. The number of hydrogen-bond acceptors (Lipinski definition) is 5. The van der Waals surface area contributed by atoms with E-state index in [-0.39, 0.29) is 0 Å². The van der Waals surface area contributed by atoms with Gasteiger partial charge in [-0.2, -0.15) is 0 Å². The second-order valence-corrected chi connectivity index (χ2v) is 6.42. The molecule has 6 heteroatoms. The van der Waals surface area contributed by atoms with E-state index in [0.717, 1.165) is 16.3 Å². The number of nitrogens with one attached hydrogen (secondary N) is 1. The third kappa shape index (κ3) is 4.62. The van der Waals surface area contributed by atoms with E-state index in [1.807, 2.05) is 39.8 Å². The van der Waals surface area contributed by atoms with Gasteiger partial charge in [0.1, 0.15) is 11.4 Å². The van der Waals surface area contributed by atoms with Crippen molar-refractivity contribution < 1.29 is 19.0 Å². The number of methoxy groups -OCH3 is 1. The molecule has 0 aliphatic rings. The fraction of sp³-hybridized carbons (Fsp3) is 0.368. The Morgan fingerprint density at radius 3 is 2.60 bits per heavy atom. The Balaban J connectivity index is 2.43. The fourth-order valence-electron chi connectivity index (χ4n) is 2.35. The molecule has 1 amide bonds. The summed E-state index contributed by atoms with van der Waals surface area (Å²) in [5, 5.41) is 4.35. The molecule has 0 unspecified atom stereocenters. The normalized spacial score (nSPS) is 11.1. The van der Waals surface area contributed by atoms with Gasteiger partial charge in [-0.1, -0.05) is 6.58 Å². The maximum atomic E-state index is 12.0. The summed E-state index contributed by atoms with van der Waals surface area (Å²) in [6, 6.07) is 5.42. The summed E-state index contributed by atoms with van der Waals surface area (Å²) in [5.41, 5.74) is 0.772. The van der Waals surface area contributed by atoms with Crippen LogP contribution in [-0.4, -0.2) is 30.4 Å². The average molecular weight is 344 g/mol. The molecule has 1 aromatic carbocycles. The Morgan fingerprint density at radius 1 is 1.28 bits per heavy atom. The molecule has 2 aromatic rings. The minimum atomic E-state index is -0.567. The predicted octanol–water partition coefficient (Wildman–Crippen LogP) is 4.60. The Hall–Kier alpha value is -2.76. The number of benzene rings is 1. The zero-order valence-electron chi connectivity index (χ0n) is 15.3. The topological polar surface area (TPSA) is 69.7 Å². The van der Waals surface area contributed by atoms with E-state index in [9.17, 15) is 4.79 Å². The summed E-state index contributed by atoms with van der Waals surface area (Å²) in [7, 11) is 1.56. The van der Waals surface area contributed by atoms with Crippen molar-refractivity contribution in [2.45, 2.75) is 33.3 Å². The van der Waals surface area contributed by atoms with Crippen LogP contribution in [0.5, 0.6) is 5.88 Å². The number of hydrogen-bond donors (Lipinski definition) is 1. The second kappa shape index (κ2) is 7.42. The largest absolute Gasteiger partial charge is 0.494 e. The van der Waals surface area contributed by atoms with E-state index >= 15 is 0 Å². The minimum Gasteiger partial charge on any atom is -0.494 e. The van der Waals surface area contributed by atoms with Gasteiger partial charge in [0.05, 0.1) is 13.7 Å². The molecule has 0 fully saturated rings. The highest BCUT2D eigenvalue weighted by molar-refractivity contribution is 5.98. The van der Waals surface area contributed by atoms with E-state index < -0.39 is 11.7 Å². The molecule has 0 saturated heterocycles. The number of nitrogens with zero attached hydrogens (tertiary/aromatic N) is 1. The van der Waals surface area contributed by atoms with Crippen LogP contribution in [0.4, 0.5) is 10.5 Å². The number of amides is 1. The van der Waals surface area contributed by atoms with E-state index in [4.69, 9.17) is 14.2 Å². The number of anilines is 1. The first-order valence-corrected chi connectivity index (χ1v) is 8.04. The van der Waals surface area contributed by atoms with Gasteiger partial charge in [-0.05, 0) is 45.9 Å². The number of pyridine rings is 1. The molecular formula is C19H24N2O4. The van der Waals surface area contributed by atoms with Crippen LogP contribution in [0.15, 0.2) is 31.0 Å². The van der Waals surface area contributed by atoms with Gasteiger partial charge in [0, 0.05) is 28.2 Å². The Morgan fingerprint density at radius 2 is 2.00 bits per heavy atom. The lowest BCUT2D eigenvalue weighted by molar-refractivity contribution is 0.0636. The molecular weight excluding hydrogens is 320 g/mol. The van der Waals surface area contributed by atoms with Gasteiger partial charge >= 0.3 is 6.09 Å². The Kier molecular flexibility index (Phi) is 5.51. The molecule has 6 nitrogen and oxygen atoms in total. The van der Waals surface area contributed by atoms with E-state index in [2.05, 4.69) is 16.9 Å². The van der Waals surface area contributed by atoms with Crippen molar-refractivity contribution in [2.75, 3.05) is 19.0 Å². The second-order valence-electron chi connectivity index (χ2n) is 6.42. The van der Waals surface area contributed by atoms with Crippen LogP contribution in [0, 0.1) is 0 Å². The van der Waals surface area contributed by atoms with Crippen molar-refractivity contribution in [1.82, 2.24) is 4.98 Å². The zero-order valence-corrected chi connectivity index (χ0v) is 15.3. The Bertz CT molecular complexity index is 794. The van der Waals surface area contributed by atoms with Gasteiger partial charge in [0.2, 0.25) is 5.88 Å². The molecule has 0 atom stereocenters. The average Bonchev–Trinajstić information content (AvgIpc) is 2.51. The first-order valence-electron chi connectivity index (χ1n) is 8.04. The van der Waals surface area contributed by atoms with Crippen LogP contribution >= 0.6 is 0 Å². The van der Waals surface area contributed by atoms with Crippen LogP contribution in [0.3, 0.4) is 0 Å². The molecule has 0 aliphatic carbocycles. The summed E-state index contributed by atoms with van der Waals surface area (Å²) < 4.78 is 16.1. The van der Waals surface area contributed by atoms with Gasteiger partial charge in [-0.3, -0.25) is 5.32 Å². The third-order valence-corrected chi connectivity index (χ3v) is 3.31. The van der Waals surface area contributed by atoms with Gasteiger partial charge in [-0.15, -0.1) is 0 Å². The number of carbonyl (C=O) groups excluding carboxylic acids is 1. The highest BCUT2D eigenvalue weighted by Gasteiger charge is 2.17. The first-order chi connectivity index (χ1) is 11.7. The lowest BCUT2D eigenvalue weighted by Crippen LogP contribution is -2.27. The van der Waals surface area contributed by atoms with Crippen molar-refractivity contribution in [2.24, 2.45) is 0 Å². The van der Waals surface area contributed by atoms with Crippen molar-refractivity contribution in [3.05, 3.63) is 36.5 Å². The minimum absolute atomic E-state index is 0.492. The van der Waals surface area contributed by atoms with Gasteiger partial charge in [-0.25, -0.2) is 9.78 Å². The van der Waals surface area contributed by atoms with Crippen molar-refractivity contribution >= 4 is 28.3 Å². The van der Waals surface area contributed by atoms with Crippen LogP contribution in [0.1, 0.15) is 33.3 Å². The molecule has 0 radical (unpaired) electrons. The van der Waals surface area contributed by atoms with Gasteiger partial charge in [0.15, 0.2) is 0 Å². The standard InChI is InChI=1S/C19H24N2O4/c1-7-24-12(2)16-11-20-17(23-6)14-9-8-13(10-15(14)16)21-18(22)25-19(3,4)5/h8-11H,2,7H2,1,3-6H3,(H,21,22). The van der Waals surface area contributed by atoms with E-state index in [0.29, 0.717) is 23.9 Å². The van der Waals surface area contributed by atoms with E-state index in [1.54, 1.807) is 19.4 Å². The summed E-state index contributed by atoms with van der Waals surface area (Å²) >= 11 is 0. The SMILES string of the molecule is C=C(OCC)c1cnc(OC)c2ccc(NC(=O)OC(C)(C)C)cc12. The monoisotopic (exact) mass is 344 g/mol. The lowest BCUT2D eigenvalue weighted by atomic mass is 10.1. The lowest BCUT2D eigenvalue weighted by Gasteiger charge is -2.20. The molecule has 2 rings (SSSR count). The molecule has 0 spiro atoms. The molecule has 0 aliphatic heterocycles. The highest BCUT2D eigenvalue weighted by atomic mass is 16.6. The number of rotatable bonds is 5. The van der Waals surface area contributed by atoms with Gasteiger partial charge < -0.3 is 14.2 Å². The molecule has 1 N–H and O–H groups in total. The van der Waals surface area contributed by atoms with Gasteiger partial charge in [0.25, 0.3) is 0 Å². The molecule has 1 aromatic heterocycles. The van der Waals surface area contributed by atoms with Crippen molar-refractivity contribution in [3.63, 3.8) is 0 Å². The predicted molar refractivity (Wildman–Crippen MR) is 98.8 cm³/mol. The number of carbonyl (C=O) groups is 1. The van der Waals surface area contributed by atoms with Crippen LogP contribution in [0.2, 0.25) is 0 Å². The van der Waals surface area contributed by atoms with Crippen molar-refractivity contribution in [3.8, 4) is 5.88 Å². The molecule has 1 heterocycles. The Labute approximate surface area is 147 Å². The smallest absolute Gasteiger partial charge is 0.412 e. The molecule has 134 valence electrons. The van der Waals surface area contributed by atoms with Crippen LogP contribution in [0.25, 0.3) is 16.5 Å². The summed E-state index contributed by atoms with van der Waals surface area (Å²) in [4.78, 5) is 16.3. The quantitative estimate of drug-likeness (QED) is 0.803. The molecule has 0 bridgehead atoms. The number of fused-ring (bicyclic) bond motifs is 1. The maximum Gasteiger partial charge on any atom is 0.412 e. The highest BCUT2D eigenvalue weighted by Crippen LogP contribution is 2.32. The van der Waals surface area contributed by atoms with Crippen molar-refractivity contribution in [1.29, 1.82) is 0 Å². The molecule has 0 saturated carbocycles. The summed E-state index contributed by atoms with van der Waals surface area (Å²) in [6.07, 6.45) is 1.13. The first kappa shape index (κ1) is 18.6. The third-order valence-electron chi connectivity index (χ3n) is 3.31. The maximum absolute atomic E-state index is 12.0. The van der Waals surface area contributed by atoms with Crippen LogP contribution < -0.4 is 10.1 Å². The summed E-state index contributed by atoms with van der Waals surface area (Å²) in [6.45, 7) is 11.8. The van der Waals surface area contributed by atoms with Crippen LogP contribution in [-0.2, 0) is 9.47 Å². The fourth-order valence-corrected chi connectivity index (χ4v) is 2.35. The molecule has 25 heavy (non-hydrogen) atoms.